The van der Waals surface area contributed by atoms with Crippen molar-refractivity contribution in [2.45, 2.75) is 32.2 Å². The average Bonchev–Trinajstić information content (AvgIpc) is 3.25. The van der Waals surface area contributed by atoms with Crippen molar-refractivity contribution < 1.29 is 4.79 Å². The first-order valence-corrected chi connectivity index (χ1v) is 9.90. The van der Waals surface area contributed by atoms with Crippen LogP contribution in [0.3, 0.4) is 0 Å². The molecule has 0 radical (unpaired) electrons. The highest BCUT2D eigenvalue weighted by Gasteiger charge is 2.18. The van der Waals surface area contributed by atoms with Crippen LogP contribution in [0.5, 0.6) is 0 Å². The fourth-order valence-corrected chi connectivity index (χ4v) is 3.49. The Bertz CT molecular complexity index is 1060. The standard InChI is InChI=1S/C21H24N6O2/c1-2-15-12-19(28)25-20(23-15)14-5-3-6-16(11-14)24-21(29)18-8-10-27(26-18)17-7-4-9-22-13-17/h3,5-6,8,10-12,17,22H,2,4,7,9,13H2,1H3,(H,24,29)(H,23,25,28). The molecule has 3 aromatic rings. The number of hydrogen-bond donors (Lipinski definition) is 3. The molecule has 0 bridgehead atoms. The molecule has 3 heterocycles. The van der Waals surface area contributed by atoms with Crippen LogP contribution in [0.25, 0.3) is 11.4 Å². The van der Waals surface area contributed by atoms with E-state index in [1.54, 1.807) is 18.2 Å². The van der Waals surface area contributed by atoms with Gasteiger partial charge < -0.3 is 15.6 Å². The summed E-state index contributed by atoms with van der Waals surface area (Å²) < 4.78 is 1.86. The third kappa shape index (κ3) is 4.43. The highest BCUT2D eigenvalue weighted by atomic mass is 16.2. The average molecular weight is 392 g/mol. The van der Waals surface area contributed by atoms with Crippen molar-refractivity contribution in [3.05, 3.63) is 64.3 Å². The molecule has 1 aliphatic heterocycles. The van der Waals surface area contributed by atoms with E-state index in [1.807, 2.05) is 29.9 Å². The Kier molecular flexibility index (Phi) is 5.53. The molecule has 29 heavy (non-hydrogen) atoms. The summed E-state index contributed by atoms with van der Waals surface area (Å²) in [5.41, 5.74) is 2.25. The van der Waals surface area contributed by atoms with Crippen LogP contribution in [0.4, 0.5) is 5.69 Å². The summed E-state index contributed by atoms with van der Waals surface area (Å²) in [6.07, 6.45) is 4.69. The lowest BCUT2D eigenvalue weighted by Gasteiger charge is -2.22. The topological polar surface area (TPSA) is 105 Å². The summed E-state index contributed by atoms with van der Waals surface area (Å²) in [6, 6.07) is 10.8. The second-order valence-electron chi connectivity index (χ2n) is 7.15. The summed E-state index contributed by atoms with van der Waals surface area (Å²) in [5.74, 6) is 0.216. The number of carbonyl (C=O) groups is 1. The number of aromatic amines is 1. The number of nitrogens with zero attached hydrogens (tertiary/aromatic N) is 3. The van der Waals surface area contributed by atoms with Crippen LogP contribution in [0.15, 0.2) is 47.4 Å². The zero-order valence-corrected chi connectivity index (χ0v) is 16.3. The molecule has 1 atom stereocenters. The molecule has 2 aromatic heterocycles. The highest BCUT2D eigenvalue weighted by Crippen LogP contribution is 2.20. The molecule has 1 unspecified atom stereocenters. The first-order chi connectivity index (χ1) is 14.1. The summed E-state index contributed by atoms with van der Waals surface area (Å²) >= 11 is 0. The Morgan fingerprint density at radius 1 is 1.31 bits per heavy atom. The molecule has 8 nitrogen and oxygen atoms in total. The minimum absolute atomic E-state index is 0.191. The first kappa shape index (κ1) is 19.1. The van der Waals surface area contributed by atoms with E-state index in [-0.39, 0.29) is 17.5 Å². The zero-order chi connectivity index (χ0) is 20.2. The number of amides is 1. The van der Waals surface area contributed by atoms with E-state index in [2.05, 4.69) is 25.7 Å². The van der Waals surface area contributed by atoms with E-state index >= 15 is 0 Å². The quantitative estimate of drug-likeness (QED) is 0.618. The molecular formula is C21H24N6O2. The molecule has 3 N–H and O–H groups in total. The van der Waals surface area contributed by atoms with E-state index in [1.165, 1.54) is 6.07 Å². The van der Waals surface area contributed by atoms with Crippen LogP contribution in [0, 0.1) is 0 Å². The van der Waals surface area contributed by atoms with Crippen LogP contribution in [0.2, 0.25) is 0 Å². The van der Waals surface area contributed by atoms with Crippen molar-refractivity contribution in [3.63, 3.8) is 0 Å². The molecule has 1 saturated heterocycles. The Balaban J connectivity index is 1.51. The summed E-state index contributed by atoms with van der Waals surface area (Å²) in [4.78, 5) is 31.7. The fourth-order valence-electron chi connectivity index (χ4n) is 3.49. The third-order valence-corrected chi connectivity index (χ3v) is 5.04. The van der Waals surface area contributed by atoms with Gasteiger partial charge in [-0.2, -0.15) is 5.10 Å². The normalized spacial score (nSPS) is 16.5. The van der Waals surface area contributed by atoms with Crippen molar-refractivity contribution >= 4 is 11.6 Å². The number of H-pyrrole nitrogens is 1. The summed E-state index contributed by atoms with van der Waals surface area (Å²) in [7, 11) is 0. The maximum absolute atomic E-state index is 12.6. The largest absolute Gasteiger partial charge is 0.321 e. The molecule has 0 saturated carbocycles. The number of piperidine rings is 1. The van der Waals surface area contributed by atoms with Crippen molar-refractivity contribution in [1.82, 2.24) is 25.1 Å². The molecule has 4 rings (SSSR count). The van der Waals surface area contributed by atoms with Gasteiger partial charge in [0.2, 0.25) is 0 Å². The van der Waals surface area contributed by atoms with Gasteiger partial charge in [0.05, 0.1) is 6.04 Å². The molecule has 150 valence electrons. The second-order valence-corrected chi connectivity index (χ2v) is 7.15. The molecular weight excluding hydrogens is 368 g/mol. The number of rotatable bonds is 5. The Morgan fingerprint density at radius 2 is 2.21 bits per heavy atom. The van der Waals surface area contributed by atoms with Crippen LogP contribution < -0.4 is 16.2 Å². The van der Waals surface area contributed by atoms with Crippen molar-refractivity contribution in [2.24, 2.45) is 0 Å². The number of nitrogens with one attached hydrogen (secondary N) is 3. The highest BCUT2D eigenvalue weighted by molar-refractivity contribution is 6.03. The van der Waals surface area contributed by atoms with E-state index in [0.717, 1.165) is 37.2 Å². The monoisotopic (exact) mass is 392 g/mol. The Labute approximate surface area is 168 Å². The number of carbonyl (C=O) groups excluding carboxylic acids is 1. The van der Waals surface area contributed by atoms with Crippen molar-refractivity contribution in [3.8, 4) is 11.4 Å². The minimum Gasteiger partial charge on any atom is -0.321 e. The minimum atomic E-state index is -0.270. The molecule has 8 heteroatoms. The van der Waals surface area contributed by atoms with E-state index in [0.29, 0.717) is 23.6 Å². The van der Waals surface area contributed by atoms with E-state index in [9.17, 15) is 9.59 Å². The van der Waals surface area contributed by atoms with Gasteiger partial charge in [-0.15, -0.1) is 0 Å². The number of anilines is 1. The Hall–Kier alpha value is -3.26. The first-order valence-electron chi connectivity index (χ1n) is 9.90. The molecule has 1 fully saturated rings. The lowest BCUT2D eigenvalue weighted by atomic mass is 10.1. The lowest BCUT2D eigenvalue weighted by Crippen LogP contribution is -2.32. The van der Waals surface area contributed by atoms with Gasteiger partial charge in [0, 0.05) is 35.8 Å². The predicted octanol–water partition coefficient (Wildman–Crippen LogP) is 2.37. The summed E-state index contributed by atoms with van der Waals surface area (Å²) in [5, 5.41) is 10.7. The smallest absolute Gasteiger partial charge is 0.276 e. The molecule has 1 amide bonds. The molecule has 1 aliphatic rings. The molecule has 1 aromatic carbocycles. The van der Waals surface area contributed by atoms with Crippen LogP contribution in [-0.2, 0) is 6.42 Å². The lowest BCUT2D eigenvalue weighted by molar-refractivity contribution is 0.102. The van der Waals surface area contributed by atoms with Gasteiger partial charge in [-0.25, -0.2) is 4.98 Å². The SMILES string of the molecule is CCc1cc(=O)[nH]c(-c2cccc(NC(=O)c3ccn(C4CCCNC4)n3)c2)n1. The van der Waals surface area contributed by atoms with Gasteiger partial charge in [0.25, 0.3) is 11.5 Å². The zero-order valence-electron chi connectivity index (χ0n) is 16.3. The van der Waals surface area contributed by atoms with Gasteiger partial charge in [0.15, 0.2) is 5.69 Å². The van der Waals surface area contributed by atoms with Crippen LogP contribution in [-0.4, -0.2) is 38.7 Å². The predicted molar refractivity (Wildman–Crippen MR) is 111 cm³/mol. The number of benzene rings is 1. The van der Waals surface area contributed by atoms with Crippen molar-refractivity contribution in [1.29, 1.82) is 0 Å². The van der Waals surface area contributed by atoms with Gasteiger partial charge >= 0.3 is 0 Å². The maximum Gasteiger partial charge on any atom is 0.276 e. The number of aryl methyl sites for hydroxylation is 1. The fraction of sp³-hybridized carbons (Fsp3) is 0.333. The van der Waals surface area contributed by atoms with E-state index in [4.69, 9.17) is 0 Å². The van der Waals surface area contributed by atoms with Gasteiger partial charge in [-0.3, -0.25) is 14.3 Å². The number of hydrogen-bond acceptors (Lipinski definition) is 5. The molecule has 0 aliphatic carbocycles. The van der Waals surface area contributed by atoms with E-state index < -0.39 is 0 Å². The summed E-state index contributed by atoms with van der Waals surface area (Å²) in [6.45, 7) is 3.85. The Morgan fingerprint density at radius 3 is 3.00 bits per heavy atom. The van der Waals surface area contributed by atoms with Crippen molar-refractivity contribution in [2.75, 3.05) is 18.4 Å². The van der Waals surface area contributed by atoms with Crippen LogP contribution in [0.1, 0.15) is 42.0 Å². The maximum atomic E-state index is 12.6. The molecule has 0 spiro atoms. The van der Waals surface area contributed by atoms with Gasteiger partial charge in [-0.05, 0) is 44.0 Å². The van der Waals surface area contributed by atoms with Crippen LogP contribution >= 0.6 is 0 Å². The van der Waals surface area contributed by atoms with Gasteiger partial charge in [0.1, 0.15) is 5.82 Å². The number of aromatic nitrogens is 4. The van der Waals surface area contributed by atoms with Gasteiger partial charge in [-0.1, -0.05) is 19.1 Å². The third-order valence-electron chi connectivity index (χ3n) is 5.04. The second kappa shape index (κ2) is 8.40.